The minimum atomic E-state index is 0.697. The number of aromatic nitrogens is 2. The number of aryl methyl sites for hydroxylation is 2. The summed E-state index contributed by atoms with van der Waals surface area (Å²) in [6, 6.07) is 0. The minimum absolute atomic E-state index is 0.697. The SMILES string of the molecule is CCNC(=NCCCc1nc(C)no1)N1CC(C)CC(C)C1. The molecule has 1 aliphatic heterocycles. The van der Waals surface area contributed by atoms with Gasteiger partial charge in [0, 0.05) is 32.6 Å². The van der Waals surface area contributed by atoms with Gasteiger partial charge in [0.15, 0.2) is 11.8 Å². The third-order valence-electron chi connectivity index (χ3n) is 3.88. The minimum Gasteiger partial charge on any atom is -0.357 e. The molecule has 1 aromatic heterocycles. The lowest BCUT2D eigenvalue weighted by Crippen LogP contribution is -2.48. The van der Waals surface area contributed by atoms with Gasteiger partial charge in [-0.25, -0.2) is 0 Å². The van der Waals surface area contributed by atoms with Crippen LogP contribution in [0, 0.1) is 18.8 Å². The van der Waals surface area contributed by atoms with Crippen molar-refractivity contribution in [3.05, 3.63) is 11.7 Å². The van der Waals surface area contributed by atoms with Crippen LogP contribution in [-0.2, 0) is 6.42 Å². The van der Waals surface area contributed by atoms with Crippen molar-refractivity contribution in [3.63, 3.8) is 0 Å². The molecule has 1 saturated heterocycles. The van der Waals surface area contributed by atoms with E-state index < -0.39 is 0 Å². The molecule has 0 aromatic carbocycles. The summed E-state index contributed by atoms with van der Waals surface area (Å²) >= 11 is 0. The standard InChI is InChI=1S/C16H29N5O/c1-5-17-16(21-10-12(2)9-13(3)11-21)18-8-6-7-15-19-14(4)20-22-15/h12-13H,5-11H2,1-4H3,(H,17,18). The number of rotatable bonds is 5. The number of guanidine groups is 1. The Morgan fingerprint density at radius 1 is 1.36 bits per heavy atom. The molecule has 0 amide bonds. The molecule has 1 N–H and O–H groups in total. The van der Waals surface area contributed by atoms with Gasteiger partial charge in [-0.15, -0.1) is 0 Å². The number of hydrogen-bond donors (Lipinski definition) is 1. The molecule has 0 bridgehead atoms. The first-order valence-electron chi connectivity index (χ1n) is 8.41. The van der Waals surface area contributed by atoms with Crippen molar-refractivity contribution in [3.8, 4) is 0 Å². The Bertz CT molecular complexity index is 475. The first-order chi connectivity index (χ1) is 10.6. The van der Waals surface area contributed by atoms with Crippen LogP contribution >= 0.6 is 0 Å². The van der Waals surface area contributed by atoms with Crippen LogP contribution in [0.5, 0.6) is 0 Å². The van der Waals surface area contributed by atoms with E-state index in [0.29, 0.717) is 11.7 Å². The molecular weight excluding hydrogens is 278 g/mol. The molecule has 22 heavy (non-hydrogen) atoms. The summed E-state index contributed by atoms with van der Waals surface area (Å²) in [5.41, 5.74) is 0. The summed E-state index contributed by atoms with van der Waals surface area (Å²) in [4.78, 5) is 11.4. The van der Waals surface area contributed by atoms with Crippen molar-refractivity contribution in [1.82, 2.24) is 20.4 Å². The smallest absolute Gasteiger partial charge is 0.226 e. The molecule has 0 radical (unpaired) electrons. The third-order valence-corrected chi connectivity index (χ3v) is 3.88. The van der Waals surface area contributed by atoms with Crippen LogP contribution in [0.2, 0.25) is 0 Å². The number of nitrogens with one attached hydrogen (secondary N) is 1. The first-order valence-corrected chi connectivity index (χ1v) is 8.41. The summed E-state index contributed by atoms with van der Waals surface area (Å²) in [5, 5.41) is 7.23. The van der Waals surface area contributed by atoms with Crippen molar-refractivity contribution in [2.75, 3.05) is 26.2 Å². The second-order valence-electron chi connectivity index (χ2n) is 6.43. The van der Waals surface area contributed by atoms with Crippen molar-refractivity contribution in [1.29, 1.82) is 0 Å². The second kappa shape index (κ2) is 8.15. The first kappa shape index (κ1) is 16.8. The van der Waals surface area contributed by atoms with Crippen molar-refractivity contribution in [2.45, 2.75) is 47.0 Å². The molecule has 2 rings (SSSR count). The average molecular weight is 307 g/mol. The van der Waals surface area contributed by atoms with Gasteiger partial charge in [0.05, 0.1) is 0 Å². The van der Waals surface area contributed by atoms with Gasteiger partial charge in [-0.1, -0.05) is 19.0 Å². The van der Waals surface area contributed by atoms with Gasteiger partial charge in [0.2, 0.25) is 5.89 Å². The van der Waals surface area contributed by atoms with E-state index in [9.17, 15) is 0 Å². The van der Waals surface area contributed by atoms with Crippen molar-refractivity contribution < 1.29 is 4.52 Å². The summed E-state index contributed by atoms with van der Waals surface area (Å²) < 4.78 is 5.13. The van der Waals surface area contributed by atoms with Gasteiger partial charge in [-0.3, -0.25) is 4.99 Å². The highest BCUT2D eigenvalue weighted by molar-refractivity contribution is 5.80. The maximum atomic E-state index is 5.13. The van der Waals surface area contributed by atoms with Crippen molar-refractivity contribution >= 4 is 5.96 Å². The highest BCUT2D eigenvalue weighted by Crippen LogP contribution is 2.20. The lowest BCUT2D eigenvalue weighted by Gasteiger charge is -2.37. The molecule has 6 nitrogen and oxygen atoms in total. The summed E-state index contributed by atoms with van der Waals surface area (Å²) in [6.07, 6.45) is 3.03. The number of piperidine rings is 1. The van der Waals surface area contributed by atoms with Crippen LogP contribution in [0.3, 0.4) is 0 Å². The zero-order valence-electron chi connectivity index (χ0n) is 14.3. The monoisotopic (exact) mass is 307 g/mol. The highest BCUT2D eigenvalue weighted by Gasteiger charge is 2.23. The molecule has 0 aliphatic carbocycles. The molecule has 0 spiro atoms. The molecule has 2 unspecified atom stereocenters. The maximum Gasteiger partial charge on any atom is 0.226 e. The van der Waals surface area contributed by atoms with Crippen LogP contribution in [0.25, 0.3) is 0 Å². The van der Waals surface area contributed by atoms with Crippen LogP contribution < -0.4 is 5.32 Å². The van der Waals surface area contributed by atoms with E-state index in [1.54, 1.807) is 0 Å². The lowest BCUT2D eigenvalue weighted by molar-refractivity contribution is 0.208. The molecule has 0 saturated carbocycles. The van der Waals surface area contributed by atoms with E-state index >= 15 is 0 Å². The largest absolute Gasteiger partial charge is 0.357 e. The topological polar surface area (TPSA) is 66.5 Å². The Morgan fingerprint density at radius 3 is 2.68 bits per heavy atom. The third kappa shape index (κ3) is 5.00. The van der Waals surface area contributed by atoms with E-state index in [2.05, 4.69) is 41.1 Å². The highest BCUT2D eigenvalue weighted by atomic mass is 16.5. The fourth-order valence-corrected chi connectivity index (χ4v) is 3.12. The van der Waals surface area contributed by atoms with E-state index in [4.69, 9.17) is 9.52 Å². The number of likely N-dealkylation sites (tertiary alicyclic amines) is 1. The molecule has 1 aliphatic rings. The maximum absolute atomic E-state index is 5.13. The zero-order valence-corrected chi connectivity index (χ0v) is 14.3. The summed E-state index contributed by atoms with van der Waals surface area (Å²) in [6.45, 7) is 12.5. The van der Waals surface area contributed by atoms with Gasteiger partial charge in [0.1, 0.15) is 0 Å². The quantitative estimate of drug-likeness (QED) is 0.513. The Hall–Kier alpha value is -1.59. The Balaban J connectivity index is 1.86. The number of aliphatic imine (C=N–C) groups is 1. The van der Waals surface area contributed by atoms with E-state index in [1.807, 2.05) is 6.92 Å². The van der Waals surface area contributed by atoms with Crippen molar-refractivity contribution in [2.24, 2.45) is 16.8 Å². The van der Waals surface area contributed by atoms with E-state index in [0.717, 1.165) is 56.8 Å². The fraction of sp³-hybridized carbons (Fsp3) is 0.812. The Labute approximate surface area is 133 Å². The van der Waals surface area contributed by atoms with Gasteiger partial charge < -0.3 is 14.7 Å². The lowest BCUT2D eigenvalue weighted by atomic mass is 9.92. The normalized spacial score (nSPS) is 22.9. The number of hydrogen-bond acceptors (Lipinski definition) is 4. The van der Waals surface area contributed by atoms with Gasteiger partial charge >= 0.3 is 0 Å². The van der Waals surface area contributed by atoms with E-state index in [1.165, 1.54) is 6.42 Å². The molecule has 1 fully saturated rings. The molecule has 1 aromatic rings. The van der Waals surface area contributed by atoms with Crippen LogP contribution in [0.15, 0.2) is 9.52 Å². The van der Waals surface area contributed by atoms with Crippen LogP contribution in [0.4, 0.5) is 0 Å². The van der Waals surface area contributed by atoms with Gasteiger partial charge in [-0.2, -0.15) is 4.98 Å². The second-order valence-corrected chi connectivity index (χ2v) is 6.43. The zero-order chi connectivity index (χ0) is 15.9. The Morgan fingerprint density at radius 2 is 2.09 bits per heavy atom. The average Bonchev–Trinajstić information content (AvgIpc) is 2.87. The molecule has 2 atom stereocenters. The molecule has 124 valence electrons. The predicted octanol–water partition coefficient (Wildman–Crippen LogP) is 2.25. The predicted molar refractivity (Wildman–Crippen MR) is 87.9 cm³/mol. The summed E-state index contributed by atoms with van der Waals surface area (Å²) in [5.74, 6) is 3.91. The van der Waals surface area contributed by atoms with E-state index in [-0.39, 0.29) is 0 Å². The van der Waals surface area contributed by atoms with Crippen LogP contribution in [-0.4, -0.2) is 47.2 Å². The fourth-order valence-electron chi connectivity index (χ4n) is 3.12. The molecule has 6 heteroatoms. The molecule has 2 heterocycles. The Kier molecular flexibility index (Phi) is 6.21. The van der Waals surface area contributed by atoms with Crippen LogP contribution in [0.1, 0.15) is 45.3 Å². The van der Waals surface area contributed by atoms with Gasteiger partial charge in [-0.05, 0) is 38.5 Å². The molecular formula is C16H29N5O. The summed E-state index contributed by atoms with van der Waals surface area (Å²) in [7, 11) is 0. The van der Waals surface area contributed by atoms with Gasteiger partial charge in [0.25, 0.3) is 0 Å². The number of nitrogens with zero attached hydrogens (tertiary/aromatic N) is 4.